The number of halogens is 3. The zero-order valence-electron chi connectivity index (χ0n) is 29.9. The molecule has 1 aliphatic carbocycles. The number of hydrogen-bond donors (Lipinski definition) is 1. The van der Waals surface area contributed by atoms with Gasteiger partial charge in [-0.3, -0.25) is 14.5 Å². The number of piperidine rings is 1. The smallest absolute Gasteiger partial charge is 0.416 e. The van der Waals surface area contributed by atoms with Gasteiger partial charge in [0.25, 0.3) is 0 Å². The molecule has 4 aliphatic rings. The van der Waals surface area contributed by atoms with Gasteiger partial charge in [0.2, 0.25) is 5.91 Å². The van der Waals surface area contributed by atoms with Crippen LogP contribution < -0.4 is 9.64 Å². The van der Waals surface area contributed by atoms with E-state index in [9.17, 15) is 27.9 Å². The molecular formula is C39H52F3N3O6. The molecule has 0 bridgehead atoms. The number of alkyl halides is 3. The van der Waals surface area contributed by atoms with Crippen LogP contribution in [0.3, 0.4) is 0 Å². The van der Waals surface area contributed by atoms with E-state index in [0.717, 1.165) is 55.2 Å². The lowest BCUT2D eigenvalue weighted by atomic mass is 9.86. The summed E-state index contributed by atoms with van der Waals surface area (Å²) in [5.41, 5.74) is 1.58. The van der Waals surface area contributed by atoms with Crippen molar-refractivity contribution >= 4 is 17.6 Å². The molecule has 51 heavy (non-hydrogen) atoms. The summed E-state index contributed by atoms with van der Waals surface area (Å²) >= 11 is 0. The first-order valence-electron chi connectivity index (χ1n) is 18.5. The van der Waals surface area contributed by atoms with Crippen molar-refractivity contribution < 1.29 is 42.1 Å². The first kappa shape index (κ1) is 37.4. The van der Waals surface area contributed by atoms with E-state index in [-0.39, 0.29) is 29.6 Å². The number of likely N-dealkylation sites (tertiary alicyclic amines) is 2. The number of benzene rings is 2. The summed E-state index contributed by atoms with van der Waals surface area (Å²) in [6, 6.07) is 12.3. The van der Waals surface area contributed by atoms with Crippen LogP contribution in [0.15, 0.2) is 42.5 Å². The summed E-state index contributed by atoms with van der Waals surface area (Å²) in [6.45, 7) is 6.07. The number of aliphatic carboxylic acids is 1. The number of carboxylic acids is 1. The summed E-state index contributed by atoms with van der Waals surface area (Å²) in [5, 5.41) is 9.54. The van der Waals surface area contributed by atoms with Crippen LogP contribution in [0.4, 0.5) is 18.9 Å². The van der Waals surface area contributed by atoms with Gasteiger partial charge in [-0.2, -0.15) is 13.2 Å². The van der Waals surface area contributed by atoms with Crippen molar-refractivity contribution in [2.24, 2.45) is 17.8 Å². The molecule has 3 heterocycles. The number of carboxylic acid groups (broad SMARTS) is 1. The van der Waals surface area contributed by atoms with Crippen molar-refractivity contribution in [2.75, 3.05) is 71.6 Å². The second-order valence-electron chi connectivity index (χ2n) is 14.8. The molecule has 4 atom stereocenters. The molecule has 3 aliphatic heterocycles. The number of carbonyl (C=O) groups is 2. The van der Waals surface area contributed by atoms with Crippen molar-refractivity contribution in [3.8, 4) is 5.75 Å². The third-order valence-electron chi connectivity index (χ3n) is 11.8. The second kappa shape index (κ2) is 16.1. The van der Waals surface area contributed by atoms with Crippen LogP contribution in [0.1, 0.15) is 74.0 Å². The fourth-order valence-corrected chi connectivity index (χ4v) is 9.08. The topological polar surface area (TPSA) is 91.8 Å². The average Bonchev–Trinajstić information content (AvgIpc) is 3.77. The van der Waals surface area contributed by atoms with E-state index in [4.69, 9.17) is 14.2 Å². The molecule has 12 heteroatoms. The molecule has 0 spiro atoms. The number of methoxy groups -OCH3 is 2. The van der Waals surface area contributed by atoms with Crippen LogP contribution in [0.25, 0.3) is 0 Å². The van der Waals surface area contributed by atoms with Gasteiger partial charge in [0, 0.05) is 82.5 Å². The number of carbonyl (C=O) groups excluding carboxylic acids is 1. The zero-order valence-corrected chi connectivity index (χ0v) is 29.9. The number of nitrogens with zero attached hydrogens (tertiary/aromatic N) is 3. The molecule has 2 aromatic carbocycles. The molecule has 6 rings (SSSR count). The summed E-state index contributed by atoms with van der Waals surface area (Å²) in [5.74, 6) is -1.19. The van der Waals surface area contributed by atoms with Crippen LogP contribution in [-0.4, -0.2) is 106 Å². The molecular weight excluding hydrogens is 663 g/mol. The highest BCUT2D eigenvalue weighted by atomic mass is 19.4. The Kier molecular flexibility index (Phi) is 11.8. The predicted molar refractivity (Wildman–Crippen MR) is 187 cm³/mol. The van der Waals surface area contributed by atoms with Crippen LogP contribution in [0, 0.1) is 17.8 Å². The van der Waals surface area contributed by atoms with Gasteiger partial charge in [0.05, 0.1) is 37.2 Å². The molecule has 0 radical (unpaired) electrons. The molecule has 1 N–H and O–H groups in total. The molecule has 280 valence electrons. The van der Waals surface area contributed by atoms with Crippen molar-refractivity contribution in [2.45, 2.75) is 75.6 Å². The highest BCUT2D eigenvalue weighted by molar-refractivity contribution is 5.81. The first-order chi connectivity index (χ1) is 24.5. The van der Waals surface area contributed by atoms with Crippen LogP contribution >= 0.6 is 0 Å². The van der Waals surface area contributed by atoms with Crippen molar-refractivity contribution in [1.29, 1.82) is 0 Å². The lowest BCUT2D eigenvalue weighted by Crippen LogP contribution is -2.40. The minimum absolute atomic E-state index is 0.00916. The number of amides is 1. The summed E-state index contributed by atoms with van der Waals surface area (Å²) in [4.78, 5) is 32.7. The largest absolute Gasteiger partial charge is 0.497 e. The Balaban J connectivity index is 1.26. The maximum absolute atomic E-state index is 14.7. The van der Waals surface area contributed by atoms with E-state index in [1.54, 1.807) is 20.3 Å². The zero-order chi connectivity index (χ0) is 36.3. The monoisotopic (exact) mass is 715 g/mol. The third-order valence-corrected chi connectivity index (χ3v) is 11.8. The van der Waals surface area contributed by atoms with Crippen LogP contribution in [0.5, 0.6) is 5.75 Å². The van der Waals surface area contributed by atoms with E-state index in [1.165, 1.54) is 6.07 Å². The Morgan fingerprint density at radius 3 is 2.20 bits per heavy atom. The fourth-order valence-electron chi connectivity index (χ4n) is 9.08. The number of hydrogen-bond acceptors (Lipinski definition) is 7. The molecule has 0 aromatic heterocycles. The van der Waals surface area contributed by atoms with Crippen LogP contribution in [0.2, 0.25) is 0 Å². The lowest BCUT2D eigenvalue weighted by molar-refractivity contribution is -0.142. The van der Waals surface area contributed by atoms with Crippen molar-refractivity contribution in [1.82, 2.24) is 9.80 Å². The number of ether oxygens (including phenoxy) is 3. The quantitative estimate of drug-likeness (QED) is 0.292. The van der Waals surface area contributed by atoms with Gasteiger partial charge in [-0.25, -0.2) is 0 Å². The van der Waals surface area contributed by atoms with Gasteiger partial charge >= 0.3 is 12.1 Å². The first-order valence-corrected chi connectivity index (χ1v) is 18.5. The summed E-state index contributed by atoms with van der Waals surface area (Å²) < 4.78 is 59.0. The molecule has 1 saturated carbocycles. The lowest BCUT2D eigenvalue weighted by Gasteiger charge is -2.35. The Labute approximate surface area is 299 Å². The molecule has 4 fully saturated rings. The minimum Gasteiger partial charge on any atom is -0.497 e. The minimum atomic E-state index is -4.52. The fraction of sp³-hybridized carbons (Fsp3) is 0.641. The molecule has 3 saturated heterocycles. The van der Waals surface area contributed by atoms with Crippen molar-refractivity contribution in [3.63, 3.8) is 0 Å². The third kappa shape index (κ3) is 8.33. The van der Waals surface area contributed by atoms with Crippen LogP contribution in [-0.2, 0) is 25.2 Å². The average molecular weight is 716 g/mol. The van der Waals surface area contributed by atoms with Gasteiger partial charge in [-0.1, -0.05) is 18.2 Å². The number of anilines is 1. The molecule has 1 amide bonds. The maximum atomic E-state index is 14.7. The summed E-state index contributed by atoms with van der Waals surface area (Å²) in [6.07, 6.45) is 0.574. The van der Waals surface area contributed by atoms with E-state index in [2.05, 4.69) is 17.0 Å². The predicted octanol–water partition coefficient (Wildman–Crippen LogP) is 6.27. The highest BCUT2D eigenvalue weighted by Crippen LogP contribution is 2.44. The molecule has 0 unspecified atom stereocenters. The molecule has 9 nitrogen and oxygen atoms in total. The molecule has 2 aromatic rings. The normalized spacial score (nSPS) is 28.0. The Morgan fingerprint density at radius 1 is 0.882 bits per heavy atom. The van der Waals surface area contributed by atoms with Gasteiger partial charge in [0.1, 0.15) is 5.75 Å². The van der Waals surface area contributed by atoms with E-state index in [1.807, 2.05) is 28.9 Å². The maximum Gasteiger partial charge on any atom is 0.416 e. The van der Waals surface area contributed by atoms with E-state index < -0.39 is 23.6 Å². The highest BCUT2D eigenvalue weighted by Gasteiger charge is 2.47. The Morgan fingerprint density at radius 2 is 1.59 bits per heavy atom. The van der Waals surface area contributed by atoms with Gasteiger partial charge < -0.3 is 29.1 Å². The standard InChI is InChI=1S/C39H52F3N3O6/c1-4-51-31-12-8-29(9-13-31)44-21-33(25-5-10-30(50-3)11-6-25)35(23-44)37(46)45-20-27(24-49-2)34(22-45)32-14-7-28(39(40,41)42)19-36(32)43-17-15-26(16-18-43)38(47)48/h5-7,10-11,14,19,26-27,29,31,33-35H,4,8-9,12-13,15-18,20-24H2,1-3H3,(H,47,48)/t27-,29-,31+,33+,34+,35-/m1/s1. The second-order valence-corrected chi connectivity index (χ2v) is 14.8. The van der Waals surface area contributed by atoms with Gasteiger partial charge in [-0.05, 0) is 80.8 Å². The SMILES string of the molecule is CCO[C@H]1CC[C@@H](N2C[C@@H](C(=O)N3C[C@H](COC)[C@@H](c4ccc(C(F)(F)F)cc4N4CCC(C(=O)O)CC4)C3)[C@H](c3ccc(OC)cc3)C2)CC1. The van der Waals surface area contributed by atoms with Crippen molar-refractivity contribution in [3.05, 3.63) is 59.2 Å². The van der Waals surface area contributed by atoms with Gasteiger partial charge in [-0.15, -0.1) is 0 Å². The Bertz CT molecular complexity index is 1490. The van der Waals surface area contributed by atoms with E-state index in [0.29, 0.717) is 76.6 Å². The number of rotatable bonds is 11. The van der Waals surface area contributed by atoms with Gasteiger partial charge in [0.15, 0.2) is 0 Å². The van der Waals surface area contributed by atoms with E-state index >= 15 is 0 Å². The Hall–Kier alpha value is -3.35. The summed E-state index contributed by atoms with van der Waals surface area (Å²) in [7, 11) is 3.25.